The van der Waals surface area contributed by atoms with E-state index in [1.165, 1.54) is 41.3 Å². The van der Waals surface area contributed by atoms with Crippen LogP contribution in [0.25, 0.3) is 11.1 Å². The molecule has 2 N–H and O–H groups in total. The number of benzene rings is 3. The zero-order chi connectivity index (χ0) is 25.5. The Morgan fingerprint density at radius 3 is 2.50 bits per heavy atom. The van der Waals surface area contributed by atoms with Crippen molar-refractivity contribution in [1.29, 1.82) is 5.26 Å². The summed E-state index contributed by atoms with van der Waals surface area (Å²) in [6.45, 7) is 1.91. The van der Waals surface area contributed by atoms with Crippen molar-refractivity contribution in [3.63, 3.8) is 0 Å². The Kier molecular flexibility index (Phi) is 8.16. The number of halogens is 1. The van der Waals surface area contributed by atoms with Crippen molar-refractivity contribution in [3.8, 4) is 17.2 Å². The van der Waals surface area contributed by atoms with Crippen molar-refractivity contribution in [2.75, 3.05) is 10.6 Å². The first-order valence-electron chi connectivity index (χ1n) is 11.2. The number of hydrogen-bond acceptors (Lipinski definition) is 5. The number of nitrogens with zero attached hydrogens (tertiary/aromatic N) is 1. The summed E-state index contributed by atoms with van der Waals surface area (Å²) in [7, 11) is 0. The number of nitriles is 1. The Labute approximate surface area is 217 Å². The van der Waals surface area contributed by atoms with Gasteiger partial charge in [-0.15, -0.1) is 23.1 Å². The van der Waals surface area contributed by atoms with Gasteiger partial charge >= 0.3 is 0 Å². The molecule has 0 fully saturated rings. The van der Waals surface area contributed by atoms with Crippen LogP contribution in [-0.4, -0.2) is 17.1 Å². The minimum Gasteiger partial charge on any atom is -0.322 e. The third-order valence-corrected chi connectivity index (χ3v) is 7.63. The highest BCUT2D eigenvalue weighted by Gasteiger charge is 2.22. The van der Waals surface area contributed by atoms with Gasteiger partial charge in [0.15, 0.2) is 0 Å². The molecule has 4 rings (SSSR count). The van der Waals surface area contributed by atoms with Gasteiger partial charge < -0.3 is 10.6 Å². The van der Waals surface area contributed by atoms with Crippen LogP contribution < -0.4 is 10.6 Å². The normalized spacial score (nSPS) is 11.4. The topological polar surface area (TPSA) is 82.0 Å². The third-order valence-electron chi connectivity index (χ3n) is 5.38. The zero-order valence-corrected chi connectivity index (χ0v) is 21.0. The second kappa shape index (κ2) is 11.7. The van der Waals surface area contributed by atoms with Crippen molar-refractivity contribution < 1.29 is 14.0 Å². The molecule has 1 unspecified atom stereocenters. The first-order chi connectivity index (χ1) is 17.5. The van der Waals surface area contributed by atoms with Gasteiger partial charge in [0.25, 0.3) is 5.91 Å². The number of carbonyl (C=O) groups excluding carboxylic acids is 2. The van der Waals surface area contributed by atoms with Crippen LogP contribution in [0.15, 0.2) is 89.1 Å². The Morgan fingerprint density at radius 2 is 1.78 bits per heavy atom. The van der Waals surface area contributed by atoms with E-state index in [0.717, 1.165) is 16.0 Å². The summed E-state index contributed by atoms with van der Waals surface area (Å²) in [6.07, 6.45) is 0.557. The van der Waals surface area contributed by atoms with E-state index >= 15 is 0 Å². The molecule has 0 saturated carbocycles. The van der Waals surface area contributed by atoms with E-state index in [2.05, 4.69) is 16.7 Å². The van der Waals surface area contributed by atoms with Crippen LogP contribution in [0.1, 0.15) is 29.3 Å². The van der Waals surface area contributed by atoms with E-state index in [4.69, 9.17) is 0 Å². The van der Waals surface area contributed by atoms with Crippen LogP contribution >= 0.6 is 23.1 Å². The van der Waals surface area contributed by atoms with E-state index in [-0.39, 0.29) is 11.5 Å². The average molecular weight is 516 g/mol. The first kappa shape index (κ1) is 25.2. The quantitative estimate of drug-likeness (QED) is 0.243. The van der Waals surface area contributed by atoms with Crippen molar-refractivity contribution in [1.82, 2.24) is 0 Å². The van der Waals surface area contributed by atoms with Gasteiger partial charge in [0.05, 0.1) is 16.4 Å². The third kappa shape index (κ3) is 5.82. The Hall–Kier alpha value is -3.93. The molecule has 8 heteroatoms. The highest BCUT2D eigenvalue weighted by Crippen LogP contribution is 2.36. The monoisotopic (exact) mass is 515 g/mol. The highest BCUT2D eigenvalue weighted by atomic mass is 32.2. The van der Waals surface area contributed by atoms with Gasteiger partial charge in [-0.25, -0.2) is 4.39 Å². The molecule has 4 aromatic rings. The molecule has 0 saturated heterocycles. The zero-order valence-electron chi connectivity index (χ0n) is 19.3. The summed E-state index contributed by atoms with van der Waals surface area (Å²) in [4.78, 5) is 26.3. The predicted octanol–water partition coefficient (Wildman–Crippen LogP) is 7.19. The second-order valence-corrected chi connectivity index (χ2v) is 9.95. The van der Waals surface area contributed by atoms with Gasteiger partial charge in [0.2, 0.25) is 5.91 Å². The number of thiophene rings is 1. The number of nitrogens with one attached hydrogen (secondary N) is 2. The maximum Gasteiger partial charge on any atom is 0.258 e. The number of amides is 2. The van der Waals surface area contributed by atoms with Crippen LogP contribution in [0.2, 0.25) is 0 Å². The van der Waals surface area contributed by atoms with Crippen molar-refractivity contribution >= 4 is 45.6 Å². The molecule has 0 bridgehead atoms. The molecule has 3 aromatic carbocycles. The van der Waals surface area contributed by atoms with Gasteiger partial charge in [-0.1, -0.05) is 55.5 Å². The van der Waals surface area contributed by atoms with E-state index in [1.807, 2.05) is 48.7 Å². The molecule has 2 amide bonds. The molecule has 5 nitrogen and oxygen atoms in total. The van der Waals surface area contributed by atoms with Gasteiger partial charge in [-0.05, 0) is 42.3 Å². The first-order valence-corrected chi connectivity index (χ1v) is 13.0. The largest absolute Gasteiger partial charge is 0.322 e. The van der Waals surface area contributed by atoms with E-state index in [9.17, 15) is 19.2 Å². The van der Waals surface area contributed by atoms with Crippen LogP contribution in [-0.2, 0) is 4.79 Å². The molecular weight excluding hydrogens is 493 g/mol. The van der Waals surface area contributed by atoms with Crippen molar-refractivity contribution in [2.45, 2.75) is 23.5 Å². The van der Waals surface area contributed by atoms with E-state index < -0.39 is 17.0 Å². The molecule has 0 radical (unpaired) electrons. The standard InChI is InChI=1S/C28H22FN3O2S2/c1-2-25(27(34)32-28-22(16-30)23(17-35-28)18-9-4-3-5-10-18)36-20-12-8-11-19(15-20)31-26(33)21-13-6-7-14-24(21)29/h3-15,17,25H,2H2,1H3,(H,31,33)(H,32,34). The molecule has 0 aliphatic heterocycles. The lowest BCUT2D eigenvalue weighted by atomic mass is 10.1. The SMILES string of the molecule is CCC(Sc1cccc(NC(=O)c2ccccc2F)c1)C(=O)Nc1scc(-c2ccccc2)c1C#N. The molecule has 0 aliphatic rings. The fourth-order valence-corrected chi connectivity index (χ4v) is 5.50. The van der Waals surface area contributed by atoms with E-state index in [0.29, 0.717) is 22.7 Å². The fraction of sp³-hybridized carbons (Fsp3) is 0.107. The summed E-state index contributed by atoms with van der Waals surface area (Å²) in [6, 6.07) is 24.6. The molecule has 1 atom stereocenters. The van der Waals surface area contributed by atoms with E-state index in [1.54, 1.807) is 24.3 Å². The summed E-state index contributed by atoms with van der Waals surface area (Å²) in [5.41, 5.74) is 2.61. The number of hydrogen-bond donors (Lipinski definition) is 2. The Bertz CT molecular complexity index is 1430. The molecule has 180 valence electrons. The molecular formula is C28H22FN3O2S2. The van der Waals surface area contributed by atoms with Crippen molar-refractivity contribution in [3.05, 3.63) is 101 Å². The minimum atomic E-state index is -0.594. The smallest absolute Gasteiger partial charge is 0.258 e. The highest BCUT2D eigenvalue weighted by molar-refractivity contribution is 8.00. The summed E-state index contributed by atoms with van der Waals surface area (Å²) in [5.74, 6) is -1.35. The van der Waals surface area contributed by atoms with Gasteiger partial charge in [0.1, 0.15) is 16.9 Å². The lowest BCUT2D eigenvalue weighted by molar-refractivity contribution is -0.115. The molecule has 1 heterocycles. The summed E-state index contributed by atoms with van der Waals surface area (Å²) < 4.78 is 13.9. The maximum atomic E-state index is 13.9. The fourth-order valence-electron chi connectivity index (χ4n) is 3.56. The maximum absolute atomic E-state index is 13.9. The van der Waals surface area contributed by atoms with Gasteiger partial charge in [0, 0.05) is 21.5 Å². The second-order valence-electron chi connectivity index (χ2n) is 7.80. The Morgan fingerprint density at radius 1 is 1.03 bits per heavy atom. The number of carbonyl (C=O) groups is 2. The summed E-state index contributed by atoms with van der Waals surface area (Å²) in [5, 5.41) is 17.3. The minimum absolute atomic E-state index is 0.0412. The molecule has 36 heavy (non-hydrogen) atoms. The molecule has 1 aromatic heterocycles. The lowest BCUT2D eigenvalue weighted by Gasteiger charge is -2.15. The lowest BCUT2D eigenvalue weighted by Crippen LogP contribution is -2.24. The summed E-state index contributed by atoms with van der Waals surface area (Å²) >= 11 is 2.68. The van der Waals surface area contributed by atoms with Crippen LogP contribution in [0.5, 0.6) is 0 Å². The average Bonchev–Trinajstić information content (AvgIpc) is 3.30. The Balaban J connectivity index is 1.46. The van der Waals surface area contributed by atoms with Crippen LogP contribution in [0.3, 0.4) is 0 Å². The van der Waals surface area contributed by atoms with Crippen LogP contribution in [0.4, 0.5) is 15.1 Å². The van der Waals surface area contributed by atoms with Gasteiger partial charge in [-0.3, -0.25) is 9.59 Å². The number of anilines is 2. The number of thioether (sulfide) groups is 1. The van der Waals surface area contributed by atoms with Crippen molar-refractivity contribution in [2.24, 2.45) is 0 Å². The van der Waals surface area contributed by atoms with Crippen LogP contribution in [0, 0.1) is 17.1 Å². The molecule has 0 spiro atoms. The molecule has 0 aliphatic carbocycles. The number of rotatable bonds is 8. The van der Waals surface area contributed by atoms with Gasteiger partial charge in [-0.2, -0.15) is 5.26 Å². The predicted molar refractivity (Wildman–Crippen MR) is 144 cm³/mol.